The average Bonchev–Trinajstić information content (AvgIpc) is 2.76. The molecule has 1 aliphatic heterocycles. The van der Waals surface area contributed by atoms with Gasteiger partial charge in [0.25, 0.3) is 11.8 Å². The highest BCUT2D eigenvalue weighted by Gasteiger charge is 2.49. The Labute approximate surface area is 128 Å². The molecule has 1 atom stereocenters. The van der Waals surface area contributed by atoms with Gasteiger partial charge in [0, 0.05) is 5.39 Å². The predicted octanol–water partition coefficient (Wildman–Crippen LogP) is 2.77. The van der Waals surface area contributed by atoms with Gasteiger partial charge in [0.05, 0.1) is 17.1 Å². The smallest absolute Gasteiger partial charge is 0.268 e. The Kier molecular flexibility index (Phi) is 2.99. The Morgan fingerprint density at radius 3 is 2.55 bits per heavy atom. The third-order valence-electron chi connectivity index (χ3n) is 4.38. The summed E-state index contributed by atoms with van der Waals surface area (Å²) in [5.74, 6) is -1.13. The van der Waals surface area contributed by atoms with Gasteiger partial charge in [-0.15, -0.1) is 0 Å². The number of benzene rings is 1. The summed E-state index contributed by atoms with van der Waals surface area (Å²) in [5.41, 5.74) is -0.134. The molecule has 1 aliphatic rings. The van der Waals surface area contributed by atoms with Crippen molar-refractivity contribution < 1.29 is 9.59 Å². The normalized spacial score (nSPS) is 16.8. The fraction of sp³-hybridized carbons (Fsp3) is 0.294. The van der Waals surface area contributed by atoms with Crippen LogP contribution in [-0.4, -0.2) is 27.2 Å². The molecular weight excluding hydrogens is 278 g/mol. The molecule has 0 fully saturated rings. The molecule has 0 saturated carbocycles. The molecule has 0 radical (unpaired) electrons. The molecule has 0 spiro atoms. The van der Waals surface area contributed by atoms with Gasteiger partial charge in [-0.25, -0.2) is 4.98 Å². The summed E-state index contributed by atoms with van der Waals surface area (Å²) in [6.45, 7) is 5.24. The van der Waals surface area contributed by atoms with Crippen molar-refractivity contribution in [1.29, 1.82) is 5.26 Å². The van der Waals surface area contributed by atoms with Crippen LogP contribution in [0.15, 0.2) is 30.3 Å². The first kappa shape index (κ1) is 14.2. The summed E-state index contributed by atoms with van der Waals surface area (Å²) in [6.07, 6.45) is 0. The van der Waals surface area contributed by atoms with Crippen molar-refractivity contribution >= 4 is 22.7 Å². The van der Waals surface area contributed by atoms with Crippen LogP contribution < -0.4 is 0 Å². The van der Waals surface area contributed by atoms with Crippen LogP contribution in [0, 0.1) is 17.2 Å². The SMILES string of the molecule is CC(C)C(C)(C#N)N1C(=O)c2cc3ccccc3nc2C1=O. The number of hydrogen-bond acceptors (Lipinski definition) is 4. The number of carbonyl (C=O) groups is 2. The van der Waals surface area contributed by atoms with Crippen LogP contribution in [0.4, 0.5) is 0 Å². The molecule has 1 aromatic carbocycles. The number of rotatable bonds is 2. The molecule has 3 rings (SSSR count). The minimum absolute atomic E-state index is 0.130. The molecule has 110 valence electrons. The van der Waals surface area contributed by atoms with Gasteiger partial charge in [0.2, 0.25) is 0 Å². The van der Waals surface area contributed by atoms with Crippen molar-refractivity contribution in [2.45, 2.75) is 26.3 Å². The van der Waals surface area contributed by atoms with Crippen LogP contribution >= 0.6 is 0 Å². The lowest BCUT2D eigenvalue weighted by molar-refractivity contribution is 0.0463. The number of amides is 2. The van der Waals surface area contributed by atoms with E-state index in [1.807, 2.05) is 32.0 Å². The topological polar surface area (TPSA) is 74.1 Å². The monoisotopic (exact) mass is 293 g/mol. The first-order valence-electron chi connectivity index (χ1n) is 7.10. The van der Waals surface area contributed by atoms with Gasteiger partial charge in [-0.05, 0) is 25.0 Å². The molecule has 0 aliphatic carbocycles. The maximum Gasteiger partial charge on any atom is 0.281 e. The zero-order chi connectivity index (χ0) is 16.1. The number of fused-ring (bicyclic) bond motifs is 2. The quantitative estimate of drug-likeness (QED) is 0.798. The van der Waals surface area contributed by atoms with Gasteiger partial charge in [-0.1, -0.05) is 32.0 Å². The highest BCUT2D eigenvalue weighted by atomic mass is 16.2. The maximum absolute atomic E-state index is 12.7. The van der Waals surface area contributed by atoms with Crippen LogP contribution in [0.2, 0.25) is 0 Å². The van der Waals surface area contributed by atoms with Crippen LogP contribution in [0.5, 0.6) is 0 Å². The van der Waals surface area contributed by atoms with Crippen molar-refractivity contribution in [2.24, 2.45) is 5.92 Å². The zero-order valence-electron chi connectivity index (χ0n) is 12.6. The third kappa shape index (κ3) is 1.74. The number of aromatic nitrogens is 1. The van der Waals surface area contributed by atoms with Gasteiger partial charge in [-0.2, -0.15) is 5.26 Å². The fourth-order valence-electron chi connectivity index (χ4n) is 2.62. The van der Waals surface area contributed by atoms with E-state index in [4.69, 9.17) is 0 Å². The Balaban J connectivity index is 2.21. The number of hydrogen-bond donors (Lipinski definition) is 0. The average molecular weight is 293 g/mol. The predicted molar refractivity (Wildman–Crippen MR) is 81.1 cm³/mol. The minimum atomic E-state index is -1.19. The highest BCUT2D eigenvalue weighted by molar-refractivity contribution is 6.22. The molecule has 1 unspecified atom stereocenters. The van der Waals surface area contributed by atoms with Crippen molar-refractivity contribution in [1.82, 2.24) is 9.88 Å². The summed E-state index contributed by atoms with van der Waals surface area (Å²) in [4.78, 5) is 30.7. The van der Waals surface area contributed by atoms with Crippen LogP contribution in [-0.2, 0) is 0 Å². The van der Waals surface area contributed by atoms with E-state index < -0.39 is 17.4 Å². The Morgan fingerprint density at radius 1 is 1.23 bits per heavy atom. The molecule has 2 aromatic rings. The fourth-order valence-corrected chi connectivity index (χ4v) is 2.62. The minimum Gasteiger partial charge on any atom is -0.268 e. The Hall–Kier alpha value is -2.74. The highest BCUT2D eigenvalue weighted by Crippen LogP contribution is 2.34. The molecule has 5 heteroatoms. The number of carbonyl (C=O) groups excluding carboxylic acids is 2. The maximum atomic E-state index is 12.7. The summed E-state index contributed by atoms with van der Waals surface area (Å²) in [6, 6.07) is 11.1. The number of para-hydroxylation sites is 1. The number of pyridine rings is 1. The van der Waals surface area contributed by atoms with Crippen molar-refractivity contribution in [3.63, 3.8) is 0 Å². The van der Waals surface area contributed by atoms with Crippen LogP contribution in [0.25, 0.3) is 10.9 Å². The molecule has 5 nitrogen and oxygen atoms in total. The number of nitrogens with zero attached hydrogens (tertiary/aromatic N) is 3. The second-order valence-electron chi connectivity index (χ2n) is 5.94. The van der Waals surface area contributed by atoms with Crippen molar-refractivity contribution in [3.05, 3.63) is 41.6 Å². The first-order chi connectivity index (χ1) is 10.4. The Bertz CT molecular complexity index is 796. The lowest BCUT2D eigenvalue weighted by atomic mass is 9.88. The molecule has 2 heterocycles. The lowest BCUT2D eigenvalue weighted by Gasteiger charge is -2.34. The van der Waals surface area contributed by atoms with E-state index in [1.165, 1.54) is 0 Å². The summed E-state index contributed by atoms with van der Waals surface area (Å²) in [7, 11) is 0. The van der Waals surface area contributed by atoms with Gasteiger partial charge < -0.3 is 0 Å². The zero-order valence-corrected chi connectivity index (χ0v) is 12.6. The molecule has 22 heavy (non-hydrogen) atoms. The molecule has 2 amide bonds. The van der Waals surface area contributed by atoms with E-state index in [-0.39, 0.29) is 17.2 Å². The van der Waals surface area contributed by atoms with Gasteiger partial charge in [0.15, 0.2) is 0 Å². The third-order valence-corrected chi connectivity index (χ3v) is 4.38. The molecular formula is C17H15N3O2. The summed E-state index contributed by atoms with van der Waals surface area (Å²) in [5, 5.41) is 10.3. The molecule has 0 bridgehead atoms. The van der Waals surface area contributed by atoms with Crippen molar-refractivity contribution in [2.75, 3.05) is 0 Å². The van der Waals surface area contributed by atoms with Gasteiger partial charge in [-0.3, -0.25) is 14.5 Å². The summed E-state index contributed by atoms with van der Waals surface area (Å²) < 4.78 is 0. The molecule has 1 aromatic heterocycles. The second kappa shape index (κ2) is 4.63. The second-order valence-corrected chi connectivity index (χ2v) is 5.94. The van der Waals surface area contributed by atoms with E-state index in [0.717, 1.165) is 10.3 Å². The Morgan fingerprint density at radius 2 is 1.91 bits per heavy atom. The number of imide groups is 1. The number of nitriles is 1. The van der Waals surface area contributed by atoms with Crippen LogP contribution in [0.1, 0.15) is 41.6 Å². The van der Waals surface area contributed by atoms with E-state index in [9.17, 15) is 14.9 Å². The van der Waals surface area contributed by atoms with Gasteiger partial charge >= 0.3 is 0 Å². The first-order valence-corrected chi connectivity index (χ1v) is 7.10. The van der Waals surface area contributed by atoms with Crippen LogP contribution in [0.3, 0.4) is 0 Å². The largest absolute Gasteiger partial charge is 0.281 e. The van der Waals surface area contributed by atoms with E-state index in [2.05, 4.69) is 11.1 Å². The molecule has 0 saturated heterocycles. The molecule has 0 N–H and O–H groups in total. The lowest BCUT2D eigenvalue weighted by Crippen LogP contribution is -2.52. The van der Waals surface area contributed by atoms with Gasteiger partial charge in [0.1, 0.15) is 11.2 Å². The van der Waals surface area contributed by atoms with E-state index >= 15 is 0 Å². The van der Waals surface area contributed by atoms with E-state index in [0.29, 0.717) is 5.52 Å². The van der Waals surface area contributed by atoms with Crippen molar-refractivity contribution in [3.8, 4) is 6.07 Å². The standard InChI is InChI=1S/C17H15N3O2/c1-10(2)17(3,9-18)20-15(21)12-8-11-6-4-5-7-13(11)19-14(12)16(20)22/h4-8,10H,1-3H3. The summed E-state index contributed by atoms with van der Waals surface area (Å²) >= 11 is 0. The van der Waals surface area contributed by atoms with E-state index in [1.54, 1.807) is 19.1 Å².